The summed E-state index contributed by atoms with van der Waals surface area (Å²) in [4.78, 5) is 0. The van der Waals surface area contributed by atoms with E-state index in [1.807, 2.05) is 31.2 Å². The maximum Gasteiger partial charge on any atom is 0.123 e. The summed E-state index contributed by atoms with van der Waals surface area (Å²) in [6.07, 6.45) is 0. The van der Waals surface area contributed by atoms with Crippen LogP contribution in [0.2, 0.25) is 5.02 Å². The molecular formula is C16H18ClNO2. The quantitative estimate of drug-likeness (QED) is 0.878. The second-order valence-corrected chi connectivity index (χ2v) is 4.99. The van der Waals surface area contributed by atoms with Crippen molar-refractivity contribution in [1.29, 1.82) is 0 Å². The van der Waals surface area contributed by atoms with Crippen LogP contribution in [0.15, 0.2) is 42.5 Å². The molecule has 0 aromatic heterocycles. The summed E-state index contributed by atoms with van der Waals surface area (Å²) in [5, 5.41) is 13.7. The first-order valence-electron chi connectivity index (χ1n) is 6.46. The molecule has 20 heavy (non-hydrogen) atoms. The Balaban J connectivity index is 2.11. The minimum Gasteiger partial charge on any atom is -0.508 e. The predicted octanol–water partition coefficient (Wildman–Crippen LogP) is 3.91. The molecule has 0 aliphatic rings. The Morgan fingerprint density at radius 2 is 1.95 bits per heavy atom. The van der Waals surface area contributed by atoms with E-state index in [0.717, 1.165) is 11.3 Å². The van der Waals surface area contributed by atoms with Gasteiger partial charge in [-0.15, -0.1) is 0 Å². The number of halogens is 1. The number of ether oxygens (including phenoxy) is 1. The lowest BCUT2D eigenvalue weighted by Crippen LogP contribution is -2.19. The molecule has 2 N–H and O–H groups in total. The Morgan fingerprint density at radius 3 is 2.65 bits per heavy atom. The number of benzene rings is 2. The first-order valence-corrected chi connectivity index (χ1v) is 6.84. The monoisotopic (exact) mass is 291 g/mol. The van der Waals surface area contributed by atoms with Crippen molar-refractivity contribution in [1.82, 2.24) is 5.32 Å². The number of methoxy groups -OCH3 is 1. The van der Waals surface area contributed by atoms with Crippen LogP contribution in [0, 0.1) is 0 Å². The number of hydrogen-bond donors (Lipinski definition) is 2. The van der Waals surface area contributed by atoms with Gasteiger partial charge in [0.1, 0.15) is 11.5 Å². The lowest BCUT2D eigenvalue weighted by molar-refractivity contribution is 0.401. The highest BCUT2D eigenvalue weighted by Crippen LogP contribution is 2.28. The van der Waals surface area contributed by atoms with Crippen LogP contribution < -0.4 is 10.1 Å². The van der Waals surface area contributed by atoms with Gasteiger partial charge in [-0.25, -0.2) is 0 Å². The van der Waals surface area contributed by atoms with Crippen LogP contribution in [0.25, 0.3) is 0 Å². The molecule has 4 heteroatoms. The normalized spacial score (nSPS) is 12.2. The van der Waals surface area contributed by atoms with Crippen molar-refractivity contribution < 1.29 is 9.84 Å². The summed E-state index contributed by atoms with van der Waals surface area (Å²) in [5.41, 5.74) is 1.78. The van der Waals surface area contributed by atoms with Crippen molar-refractivity contribution in [3.05, 3.63) is 58.6 Å². The number of aromatic hydroxyl groups is 1. The van der Waals surface area contributed by atoms with Crippen LogP contribution in [0.1, 0.15) is 24.1 Å². The Morgan fingerprint density at radius 1 is 1.20 bits per heavy atom. The summed E-state index contributed by atoms with van der Waals surface area (Å²) < 4.78 is 5.35. The van der Waals surface area contributed by atoms with Crippen molar-refractivity contribution in [3.8, 4) is 11.5 Å². The third kappa shape index (κ3) is 3.24. The van der Waals surface area contributed by atoms with Gasteiger partial charge in [0.2, 0.25) is 0 Å². The number of para-hydroxylation sites is 1. The van der Waals surface area contributed by atoms with Gasteiger partial charge >= 0.3 is 0 Å². The highest BCUT2D eigenvalue weighted by molar-refractivity contribution is 6.31. The number of hydrogen-bond acceptors (Lipinski definition) is 3. The highest BCUT2D eigenvalue weighted by atomic mass is 35.5. The van der Waals surface area contributed by atoms with E-state index in [9.17, 15) is 5.11 Å². The maximum atomic E-state index is 9.83. The third-order valence-electron chi connectivity index (χ3n) is 3.28. The van der Waals surface area contributed by atoms with Crippen LogP contribution in [-0.4, -0.2) is 12.2 Å². The van der Waals surface area contributed by atoms with Gasteiger partial charge in [0.05, 0.1) is 7.11 Å². The van der Waals surface area contributed by atoms with E-state index in [1.54, 1.807) is 25.3 Å². The SMILES string of the molecule is COc1ccccc1[C@@H](C)NCc1c(O)cccc1Cl. The second-order valence-electron chi connectivity index (χ2n) is 4.58. The van der Waals surface area contributed by atoms with Gasteiger partial charge in [-0.2, -0.15) is 0 Å². The van der Waals surface area contributed by atoms with E-state index in [0.29, 0.717) is 17.1 Å². The minimum atomic E-state index is 0.0850. The zero-order valence-electron chi connectivity index (χ0n) is 11.6. The van der Waals surface area contributed by atoms with E-state index in [2.05, 4.69) is 5.32 Å². The van der Waals surface area contributed by atoms with E-state index in [4.69, 9.17) is 16.3 Å². The molecule has 0 radical (unpaired) electrons. The van der Waals surface area contributed by atoms with Gasteiger partial charge in [-0.1, -0.05) is 35.9 Å². The summed E-state index contributed by atoms with van der Waals surface area (Å²) in [6, 6.07) is 13.1. The summed E-state index contributed by atoms with van der Waals surface area (Å²) in [7, 11) is 1.66. The molecular weight excluding hydrogens is 274 g/mol. The molecule has 0 unspecified atom stereocenters. The third-order valence-corrected chi connectivity index (χ3v) is 3.64. The molecule has 0 saturated carbocycles. The number of phenolic OH excluding ortho intramolecular Hbond substituents is 1. The van der Waals surface area contributed by atoms with E-state index in [-0.39, 0.29) is 11.8 Å². The van der Waals surface area contributed by atoms with Crippen molar-refractivity contribution in [3.63, 3.8) is 0 Å². The fourth-order valence-electron chi connectivity index (χ4n) is 2.11. The lowest BCUT2D eigenvalue weighted by Gasteiger charge is -2.18. The summed E-state index contributed by atoms with van der Waals surface area (Å²) in [6.45, 7) is 2.54. The first-order chi connectivity index (χ1) is 9.63. The number of rotatable bonds is 5. The van der Waals surface area contributed by atoms with Crippen LogP contribution in [0.4, 0.5) is 0 Å². The largest absolute Gasteiger partial charge is 0.508 e. The van der Waals surface area contributed by atoms with Gasteiger partial charge in [0.25, 0.3) is 0 Å². The molecule has 0 amide bonds. The molecule has 2 aromatic carbocycles. The van der Waals surface area contributed by atoms with Crippen molar-refractivity contribution in [2.24, 2.45) is 0 Å². The fraction of sp³-hybridized carbons (Fsp3) is 0.250. The standard InChI is InChI=1S/C16H18ClNO2/c1-11(12-6-3-4-9-16(12)20-2)18-10-13-14(17)7-5-8-15(13)19/h3-9,11,18-19H,10H2,1-2H3/t11-/m1/s1. The minimum absolute atomic E-state index is 0.0850. The van der Waals surface area contributed by atoms with Crippen molar-refractivity contribution >= 4 is 11.6 Å². The molecule has 0 aliphatic heterocycles. The topological polar surface area (TPSA) is 41.5 Å². The smallest absolute Gasteiger partial charge is 0.123 e. The van der Waals surface area contributed by atoms with E-state index >= 15 is 0 Å². The predicted molar refractivity (Wildman–Crippen MR) is 81.4 cm³/mol. The maximum absolute atomic E-state index is 9.83. The van der Waals surface area contributed by atoms with Crippen molar-refractivity contribution in [2.45, 2.75) is 19.5 Å². The zero-order chi connectivity index (χ0) is 14.5. The molecule has 0 bridgehead atoms. The van der Waals surface area contributed by atoms with Gasteiger partial charge in [-0.05, 0) is 25.1 Å². The lowest BCUT2D eigenvalue weighted by atomic mass is 10.1. The van der Waals surface area contributed by atoms with E-state index in [1.165, 1.54) is 0 Å². The molecule has 106 valence electrons. The Labute approximate surface area is 124 Å². The summed E-state index contributed by atoms with van der Waals surface area (Å²) in [5.74, 6) is 1.05. The molecule has 2 aromatic rings. The van der Waals surface area contributed by atoms with Crippen LogP contribution in [-0.2, 0) is 6.54 Å². The van der Waals surface area contributed by atoms with Crippen LogP contribution in [0.5, 0.6) is 11.5 Å². The van der Waals surface area contributed by atoms with Crippen LogP contribution in [0.3, 0.4) is 0 Å². The Kier molecular flexibility index (Phi) is 4.88. The molecule has 0 heterocycles. The van der Waals surface area contributed by atoms with Gasteiger partial charge < -0.3 is 15.2 Å². The molecule has 0 fully saturated rings. The van der Waals surface area contributed by atoms with Crippen molar-refractivity contribution in [2.75, 3.05) is 7.11 Å². The molecule has 1 atom stereocenters. The molecule has 3 nitrogen and oxygen atoms in total. The fourth-order valence-corrected chi connectivity index (χ4v) is 2.35. The highest BCUT2D eigenvalue weighted by Gasteiger charge is 2.12. The zero-order valence-corrected chi connectivity index (χ0v) is 12.3. The van der Waals surface area contributed by atoms with E-state index < -0.39 is 0 Å². The number of phenols is 1. The molecule has 2 rings (SSSR count). The average Bonchev–Trinajstić information content (AvgIpc) is 2.46. The molecule has 0 aliphatic carbocycles. The summed E-state index contributed by atoms with van der Waals surface area (Å²) >= 11 is 6.09. The Hall–Kier alpha value is -1.71. The number of nitrogens with one attached hydrogen (secondary N) is 1. The Bertz CT molecular complexity index is 566. The molecule has 0 spiro atoms. The average molecular weight is 292 g/mol. The molecule has 0 saturated heterocycles. The second kappa shape index (κ2) is 6.64. The van der Waals surface area contributed by atoms with Crippen LogP contribution >= 0.6 is 11.6 Å². The van der Waals surface area contributed by atoms with Gasteiger partial charge in [-0.3, -0.25) is 0 Å². The van der Waals surface area contributed by atoms with Gasteiger partial charge in [0, 0.05) is 28.7 Å². The first kappa shape index (κ1) is 14.7. The van der Waals surface area contributed by atoms with Gasteiger partial charge in [0.15, 0.2) is 0 Å².